The van der Waals surface area contributed by atoms with Crippen molar-refractivity contribution in [2.24, 2.45) is 0 Å². The molecule has 2 aromatic rings. The van der Waals surface area contributed by atoms with Crippen molar-refractivity contribution >= 4 is 10.0 Å². The second kappa shape index (κ2) is 7.23. The monoisotopic (exact) mass is 332 g/mol. The van der Waals surface area contributed by atoms with Crippen molar-refractivity contribution in [3.8, 4) is 0 Å². The molecule has 0 atom stereocenters. The molecule has 1 heterocycles. The molecule has 0 aliphatic carbocycles. The van der Waals surface area contributed by atoms with E-state index in [0.29, 0.717) is 11.4 Å². The SMILES string of the molecule is CC(C)(C)c1ccc(S(=O)(=O)NCCCc2ccccn2)cc1. The van der Waals surface area contributed by atoms with Gasteiger partial charge in [0.15, 0.2) is 0 Å². The maximum atomic E-state index is 12.3. The maximum Gasteiger partial charge on any atom is 0.240 e. The normalized spacial score (nSPS) is 12.3. The number of aryl methyl sites for hydroxylation is 1. The van der Waals surface area contributed by atoms with E-state index >= 15 is 0 Å². The molecule has 23 heavy (non-hydrogen) atoms. The standard InChI is InChI=1S/C18H24N2O2S/c1-18(2,3)15-9-11-17(12-10-15)23(21,22)20-14-6-8-16-7-4-5-13-19-16/h4-5,7,9-13,20H,6,8,14H2,1-3H3. The lowest BCUT2D eigenvalue weighted by Crippen LogP contribution is -2.25. The lowest BCUT2D eigenvalue weighted by Gasteiger charge is -2.19. The summed E-state index contributed by atoms with van der Waals surface area (Å²) in [5, 5.41) is 0. The second-order valence-corrected chi connectivity index (χ2v) is 8.36. The largest absolute Gasteiger partial charge is 0.261 e. The fourth-order valence-electron chi connectivity index (χ4n) is 2.24. The number of nitrogens with one attached hydrogen (secondary N) is 1. The lowest BCUT2D eigenvalue weighted by atomic mass is 9.87. The number of pyridine rings is 1. The first kappa shape index (κ1) is 17.6. The smallest absolute Gasteiger partial charge is 0.240 e. The van der Waals surface area contributed by atoms with Crippen LogP contribution in [-0.4, -0.2) is 19.9 Å². The molecule has 5 heteroatoms. The van der Waals surface area contributed by atoms with Crippen molar-refractivity contribution in [1.82, 2.24) is 9.71 Å². The van der Waals surface area contributed by atoms with Crippen LogP contribution in [0, 0.1) is 0 Å². The van der Waals surface area contributed by atoms with Crippen LogP contribution in [0.1, 0.15) is 38.4 Å². The third-order valence-corrected chi connectivity index (χ3v) is 5.14. The van der Waals surface area contributed by atoms with Crippen LogP contribution >= 0.6 is 0 Å². The molecular weight excluding hydrogens is 308 g/mol. The summed E-state index contributed by atoms with van der Waals surface area (Å²) in [6.07, 6.45) is 3.22. The third kappa shape index (κ3) is 5.15. The van der Waals surface area contributed by atoms with Crippen LogP contribution < -0.4 is 4.72 Å². The molecule has 1 aromatic heterocycles. The number of hydrogen-bond donors (Lipinski definition) is 1. The van der Waals surface area contributed by atoms with Gasteiger partial charge in [0.2, 0.25) is 10.0 Å². The first-order chi connectivity index (χ1) is 10.8. The van der Waals surface area contributed by atoms with E-state index in [9.17, 15) is 8.42 Å². The van der Waals surface area contributed by atoms with Crippen LogP contribution in [0.4, 0.5) is 0 Å². The number of hydrogen-bond acceptors (Lipinski definition) is 3. The highest BCUT2D eigenvalue weighted by Crippen LogP contribution is 2.23. The molecule has 0 spiro atoms. The summed E-state index contributed by atoms with van der Waals surface area (Å²) in [7, 11) is -3.45. The van der Waals surface area contributed by atoms with Gasteiger partial charge in [-0.3, -0.25) is 4.98 Å². The minimum atomic E-state index is -3.45. The summed E-state index contributed by atoms with van der Waals surface area (Å²) in [5.41, 5.74) is 2.10. The molecule has 1 N–H and O–H groups in total. The Morgan fingerprint density at radius 3 is 2.30 bits per heavy atom. The first-order valence-corrected chi connectivity index (χ1v) is 9.27. The molecule has 0 amide bonds. The van der Waals surface area contributed by atoms with Gasteiger partial charge in [0.05, 0.1) is 4.90 Å². The lowest BCUT2D eigenvalue weighted by molar-refractivity contribution is 0.576. The summed E-state index contributed by atoms with van der Waals surface area (Å²) in [5.74, 6) is 0. The highest BCUT2D eigenvalue weighted by molar-refractivity contribution is 7.89. The van der Waals surface area contributed by atoms with Crippen LogP contribution in [0.3, 0.4) is 0 Å². The van der Waals surface area contributed by atoms with Gasteiger partial charge in [-0.2, -0.15) is 0 Å². The summed E-state index contributed by atoms with van der Waals surface area (Å²) in [6, 6.07) is 12.8. The van der Waals surface area contributed by atoms with Gasteiger partial charge in [0.1, 0.15) is 0 Å². The third-order valence-electron chi connectivity index (χ3n) is 3.66. The zero-order valence-corrected chi connectivity index (χ0v) is 14.7. The minimum Gasteiger partial charge on any atom is -0.261 e. The van der Waals surface area contributed by atoms with E-state index in [1.165, 1.54) is 0 Å². The number of benzene rings is 1. The highest BCUT2D eigenvalue weighted by atomic mass is 32.2. The van der Waals surface area contributed by atoms with Crippen LogP contribution in [0.25, 0.3) is 0 Å². The second-order valence-electron chi connectivity index (χ2n) is 6.60. The minimum absolute atomic E-state index is 0.0123. The van der Waals surface area contributed by atoms with Gasteiger partial charge in [-0.1, -0.05) is 39.0 Å². The van der Waals surface area contributed by atoms with Gasteiger partial charge in [-0.25, -0.2) is 13.1 Å². The topological polar surface area (TPSA) is 59.1 Å². The van der Waals surface area contributed by atoms with Crippen molar-refractivity contribution in [3.63, 3.8) is 0 Å². The number of rotatable bonds is 6. The average Bonchev–Trinajstić information content (AvgIpc) is 2.52. The molecule has 0 fully saturated rings. The van der Waals surface area contributed by atoms with Crippen LogP contribution in [-0.2, 0) is 21.9 Å². The predicted octanol–water partition coefficient (Wildman–Crippen LogP) is 3.29. The summed E-state index contributed by atoms with van der Waals surface area (Å²) >= 11 is 0. The Hall–Kier alpha value is -1.72. The molecule has 124 valence electrons. The molecular formula is C18H24N2O2S. The van der Waals surface area contributed by atoms with Crippen molar-refractivity contribution in [3.05, 3.63) is 59.9 Å². The fourth-order valence-corrected chi connectivity index (χ4v) is 3.31. The Balaban J connectivity index is 1.91. The van der Waals surface area contributed by atoms with E-state index < -0.39 is 10.0 Å². The van der Waals surface area contributed by atoms with Crippen LogP contribution in [0.5, 0.6) is 0 Å². The van der Waals surface area contributed by atoms with Gasteiger partial charge in [0, 0.05) is 18.4 Å². The molecule has 0 saturated carbocycles. The van der Waals surface area contributed by atoms with E-state index in [4.69, 9.17) is 0 Å². The van der Waals surface area contributed by atoms with Gasteiger partial charge in [-0.15, -0.1) is 0 Å². The Bertz CT molecular complexity index is 718. The maximum absolute atomic E-state index is 12.3. The molecule has 1 aromatic carbocycles. The van der Waals surface area contributed by atoms with E-state index in [2.05, 4.69) is 30.5 Å². The van der Waals surface area contributed by atoms with Gasteiger partial charge >= 0.3 is 0 Å². The molecule has 0 unspecified atom stereocenters. The highest BCUT2D eigenvalue weighted by Gasteiger charge is 2.17. The molecule has 0 bridgehead atoms. The van der Waals surface area contributed by atoms with Gasteiger partial charge in [0.25, 0.3) is 0 Å². The Kier molecular flexibility index (Phi) is 5.55. The summed E-state index contributed by atoms with van der Waals surface area (Å²) in [4.78, 5) is 4.53. The quantitative estimate of drug-likeness (QED) is 0.826. The number of nitrogens with zero attached hydrogens (tertiary/aromatic N) is 1. The van der Waals surface area contributed by atoms with Gasteiger partial charge in [-0.05, 0) is 48.1 Å². The molecule has 0 saturated heterocycles. The van der Waals surface area contributed by atoms with E-state index in [1.807, 2.05) is 30.3 Å². The first-order valence-electron chi connectivity index (χ1n) is 7.79. The zero-order chi connectivity index (χ0) is 16.9. The zero-order valence-electron chi connectivity index (χ0n) is 13.9. The number of sulfonamides is 1. The van der Waals surface area contributed by atoms with Crippen molar-refractivity contribution < 1.29 is 8.42 Å². The predicted molar refractivity (Wildman–Crippen MR) is 92.9 cm³/mol. The van der Waals surface area contributed by atoms with Crippen LogP contribution in [0.15, 0.2) is 53.6 Å². The van der Waals surface area contributed by atoms with E-state index in [0.717, 1.165) is 24.1 Å². The van der Waals surface area contributed by atoms with E-state index in [1.54, 1.807) is 18.3 Å². The number of aromatic nitrogens is 1. The Morgan fingerprint density at radius 2 is 1.74 bits per heavy atom. The van der Waals surface area contributed by atoms with Crippen molar-refractivity contribution in [2.75, 3.05) is 6.54 Å². The van der Waals surface area contributed by atoms with Crippen molar-refractivity contribution in [2.45, 2.75) is 43.9 Å². The molecule has 4 nitrogen and oxygen atoms in total. The molecule has 2 rings (SSSR count). The van der Waals surface area contributed by atoms with Crippen molar-refractivity contribution in [1.29, 1.82) is 0 Å². The molecule has 0 aliphatic rings. The molecule has 0 radical (unpaired) electrons. The Morgan fingerprint density at radius 1 is 1.04 bits per heavy atom. The van der Waals surface area contributed by atoms with Gasteiger partial charge < -0.3 is 0 Å². The summed E-state index contributed by atoms with van der Waals surface area (Å²) in [6.45, 7) is 6.71. The van der Waals surface area contributed by atoms with Crippen LogP contribution in [0.2, 0.25) is 0 Å². The Labute approximate surface area is 139 Å². The molecule has 0 aliphatic heterocycles. The summed E-state index contributed by atoms with van der Waals surface area (Å²) < 4.78 is 27.2. The van der Waals surface area contributed by atoms with E-state index in [-0.39, 0.29) is 5.41 Å². The fraction of sp³-hybridized carbons (Fsp3) is 0.389. The average molecular weight is 332 g/mol.